The van der Waals surface area contributed by atoms with Gasteiger partial charge < -0.3 is 15.0 Å². The summed E-state index contributed by atoms with van der Waals surface area (Å²) in [5, 5.41) is 3.02. The molecule has 0 atom stereocenters. The summed E-state index contributed by atoms with van der Waals surface area (Å²) in [6.07, 6.45) is 6.67. The molecule has 1 aliphatic carbocycles. The second kappa shape index (κ2) is 8.92. The first-order chi connectivity index (χ1) is 11.1. The second-order valence-electron chi connectivity index (χ2n) is 6.69. The van der Waals surface area contributed by atoms with E-state index >= 15 is 0 Å². The largest absolute Gasteiger partial charge is 0.490 e. The first kappa shape index (κ1) is 17.8. The molecule has 0 aromatic heterocycles. The fourth-order valence-corrected chi connectivity index (χ4v) is 3.16. The van der Waals surface area contributed by atoms with Gasteiger partial charge >= 0.3 is 0 Å². The number of hydrogen-bond acceptors (Lipinski definition) is 3. The molecule has 0 saturated heterocycles. The van der Waals surface area contributed by atoms with Crippen molar-refractivity contribution < 1.29 is 9.53 Å². The number of rotatable bonds is 7. The zero-order chi connectivity index (χ0) is 16.7. The average molecular weight is 318 g/mol. The standard InChI is InChI=1S/C19H30N2O2/c1-15(2)23-18-12-8-7-11-17(18)19(22)20-13-14-21(3)16-9-5-4-6-10-16/h7-8,11-12,15-16H,4-6,9-10,13-14H2,1-3H3,(H,20,22). The zero-order valence-electron chi connectivity index (χ0n) is 14.7. The Hall–Kier alpha value is -1.55. The van der Waals surface area contributed by atoms with E-state index in [2.05, 4.69) is 17.3 Å². The van der Waals surface area contributed by atoms with Crippen molar-refractivity contribution >= 4 is 5.91 Å². The summed E-state index contributed by atoms with van der Waals surface area (Å²) in [6, 6.07) is 8.11. The molecule has 1 saturated carbocycles. The van der Waals surface area contributed by atoms with Crippen LogP contribution in [0.2, 0.25) is 0 Å². The number of hydrogen-bond donors (Lipinski definition) is 1. The van der Waals surface area contributed by atoms with Crippen molar-refractivity contribution in [1.29, 1.82) is 0 Å². The third-order valence-corrected chi connectivity index (χ3v) is 4.44. The van der Waals surface area contributed by atoms with E-state index < -0.39 is 0 Å². The number of amides is 1. The highest BCUT2D eigenvalue weighted by atomic mass is 16.5. The van der Waals surface area contributed by atoms with Crippen LogP contribution in [0.15, 0.2) is 24.3 Å². The van der Waals surface area contributed by atoms with Crippen LogP contribution in [0, 0.1) is 0 Å². The third kappa shape index (κ3) is 5.54. The Bertz CT molecular complexity index is 496. The Morgan fingerprint density at radius 2 is 1.96 bits per heavy atom. The number of likely N-dealkylation sites (N-methyl/N-ethyl adjacent to an activating group) is 1. The minimum Gasteiger partial charge on any atom is -0.490 e. The van der Waals surface area contributed by atoms with E-state index in [1.54, 1.807) is 0 Å². The quantitative estimate of drug-likeness (QED) is 0.837. The van der Waals surface area contributed by atoms with Crippen molar-refractivity contribution in [3.05, 3.63) is 29.8 Å². The van der Waals surface area contributed by atoms with Gasteiger partial charge in [0.2, 0.25) is 0 Å². The van der Waals surface area contributed by atoms with E-state index in [1.165, 1.54) is 32.1 Å². The molecule has 2 rings (SSSR count). The third-order valence-electron chi connectivity index (χ3n) is 4.44. The number of nitrogens with one attached hydrogen (secondary N) is 1. The molecule has 0 aliphatic heterocycles. The molecule has 1 fully saturated rings. The highest BCUT2D eigenvalue weighted by Crippen LogP contribution is 2.21. The van der Waals surface area contributed by atoms with Gasteiger partial charge in [-0.3, -0.25) is 4.79 Å². The van der Waals surface area contributed by atoms with Crippen LogP contribution in [0.1, 0.15) is 56.3 Å². The predicted octanol–water partition coefficient (Wildman–Crippen LogP) is 3.47. The zero-order valence-corrected chi connectivity index (χ0v) is 14.7. The molecular formula is C19H30N2O2. The first-order valence-corrected chi connectivity index (χ1v) is 8.82. The monoisotopic (exact) mass is 318 g/mol. The van der Waals surface area contributed by atoms with Crippen molar-refractivity contribution in [1.82, 2.24) is 10.2 Å². The van der Waals surface area contributed by atoms with Gasteiger partial charge in [-0.2, -0.15) is 0 Å². The Morgan fingerprint density at radius 3 is 2.65 bits per heavy atom. The van der Waals surface area contributed by atoms with E-state index in [0.717, 1.165) is 6.54 Å². The molecule has 4 nitrogen and oxygen atoms in total. The van der Waals surface area contributed by atoms with Gasteiger partial charge in [0.05, 0.1) is 11.7 Å². The minimum atomic E-state index is -0.0571. The predicted molar refractivity (Wildman–Crippen MR) is 94.0 cm³/mol. The molecule has 0 heterocycles. The highest BCUT2D eigenvalue weighted by molar-refractivity contribution is 5.96. The normalized spacial score (nSPS) is 15.9. The van der Waals surface area contributed by atoms with Crippen LogP contribution < -0.4 is 10.1 Å². The van der Waals surface area contributed by atoms with Gasteiger partial charge in [-0.1, -0.05) is 31.4 Å². The molecule has 1 N–H and O–H groups in total. The lowest BCUT2D eigenvalue weighted by Crippen LogP contribution is -2.39. The molecule has 23 heavy (non-hydrogen) atoms. The number of benzene rings is 1. The lowest BCUT2D eigenvalue weighted by Gasteiger charge is -2.31. The lowest BCUT2D eigenvalue weighted by molar-refractivity contribution is 0.0938. The number of carbonyl (C=O) groups excluding carboxylic acids is 1. The van der Waals surface area contributed by atoms with Crippen LogP contribution >= 0.6 is 0 Å². The fourth-order valence-electron chi connectivity index (χ4n) is 3.16. The van der Waals surface area contributed by atoms with Gasteiger partial charge in [0, 0.05) is 19.1 Å². The Kier molecular flexibility index (Phi) is 6.90. The molecular weight excluding hydrogens is 288 g/mol. The SMILES string of the molecule is CC(C)Oc1ccccc1C(=O)NCCN(C)C1CCCCC1. The Morgan fingerprint density at radius 1 is 1.26 bits per heavy atom. The highest BCUT2D eigenvalue weighted by Gasteiger charge is 2.18. The van der Waals surface area contributed by atoms with Crippen molar-refractivity contribution in [2.45, 2.75) is 58.1 Å². The summed E-state index contributed by atoms with van der Waals surface area (Å²) < 4.78 is 5.72. The molecule has 4 heteroatoms. The fraction of sp³-hybridized carbons (Fsp3) is 0.632. The summed E-state index contributed by atoms with van der Waals surface area (Å²) in [6.45, 7) is 5.49. The van der Waals surface area contributed by atoms with Crippen LogP contribution in [-0.4, -0.2) is 43.1 Å². The summed E-state index contributed by atoms with van der Waals surface area (Å²) >= 11 is 0. The molecule has 128 valence electrons. The number of carbonyl (C=O) groups is 1. The second-order valence-corrected chi connectivity index (χ2v) is 6.69. The summed E-state index contributed by atoms with van der Waals surface area (Å²) in [5.41, 5.74) is 0.613. The molecule has 1 amide bonds. The molecule has 1 aromatic rings. The van der Waals surface area contributed by atoms with E-state index in [4.69, 9.17) is 4.74 Å². The Labute approximate surface area is 140 Å². The summed E-state index contributed by atoms with van der Waals surface area (Å²) in [5.74, 6) is 0.596. The first-order valence-electron chi connectivity index (χ1n) is 8.82. The van der Waals surface area contributed by atoms with Gasteiger partial charge in [-0.05, 0) is 45.9 Å². The lowest BCUT2D eigenvalue weighted by atomic mass is 9.94. The van der Waals surface area contributed by atoms with Gasteiger partial charge in [-0.15, -0.1) is 0 Å². The minimum absolute atomic E-state index is 0.0568. The van der Waals surface area contributed by atoms with Crippen molar-refractivity contribution in [3.63, 3.8) is 0 Å². The van der Waals surface area contributed by atoms with Gasteiger partial charge in [0.25, 0.3) is 5.91 Å². The molecule has 0 radical (unpaired) electrons. The van der Waals surface area contributed by atoms with Gasteiger partial charge in [0.15, 0.2) is 0 Å². The molecule has 0 unspecified atom stereocenters. The number of para-hydroxylation sites is 1. The summed E-state index contributed by atoms with van der Waals surface area (Å²) in [7, 11) is 2.16. The van der Waals surface area contributed by atoms with Crippen molar-refractivity contribution in [2.75, 3.05) is 20.1 Å². The number of ether oxygens (including phenoxy) is 1. The smallest absolute Gasteiger partial charge is 0.255 e. The molecule has 0 spiro atoms. The van der Waals surface area contributed by atoms with Gasteiger partial charge in [0.1, 0.15) is 5.75 Å². The van der Waals surface area contributed by atoms with E-state index in [1.807, 2.05) is 38.1 Å². The van der Waals surface area contributed by atoms with E-state index in [9.17, 15) is 4.79 Å². The summed E-state index contributed by atoms with van der Waals surface area (Å²) in [4.78, 5) is 14.8. The number of nitrogens with zero attached hydrogens (tertiary/aromatic N) is 1. The average Bonchev–Trinajstić information content (AvgIpc) is 2.55. The van der Waals surface area contributed by atoms with E-state index in [0.29, 0.717) is 23.9 Å². The van der Waals surface area contributed by atoms with Crippen LogP contribution in [-0.2, 0) is 0 Å². The maximum atomic E-state index is 12.4. The topological polar surface area (TPSA) is 41.6 Å². The van der Waals surface area contributed by atoms with Gasteiger partial charge in [-0.25, -0.2) is 0 Å². The van der Waals surface area contributed by atoms with Crippen LogP contribution in [0.25, 0.3) is 0 Å². The van der Waals surface area contributed by atoms with E-state index in [-0.39, 0.29) is 12.0 Å². The van der Waals surface area contributed by atoms with Crippen molar-refractivity contribution in [3.8, 4) is 5.75 Å². The molecule has 1 aliphatic rings. The van der Waals surface area contributed by atoms with Crippen molar-refractivity contribution in [2.24, 2.45) is 0 Å². The maximum absolute atomic E-state index is 12.4. The van der Waals surface area contributed by atoms with Crippen LogP contribution in [0.3, 0.4) is 0 Å². The van der Waals surface area contributed by atoms with Crippen LogP contribution in [0.5, 0.6) is 5.75 Å². The molecule has 1 aromatic carbocycles. The maximum Gasteiger partial charge on any atom is 0.255 e. The molecule has 0 bridgehead atoms. The van der Waals surface area contributed by atoms with Crippen LogP contribution in [0.4, 0.5) is 0 Å². The Balaban J connectivity index is 1.82.